The number of imidazole rings is 1. The number of carboxylic acid groups (broad SMARTS) is 1. The van der Waals surface area contributed by atoms with Crippen molar-refractivity contribution in [3.8, 4) is 0 Å². The van der Waals surface area contributed by atoms with Gasteiger partial charge in [-0.2, -0.15) is 0 Å². The van der Waals surface area contributed by atoms with Crippen LogP contribution in [0.5, 0.6) is 0 Å². The van der Waals surface area contributed by atoms with Crippen molar-refractivity contribution in [2.24, 2.45) is 0 Å². The van der Waals surface area contributed by atoms with E-state index >= 15 is 0 Å². The fourth-order valence-electron chi connectivity index (χ4n) is 2.84. The van der Waals surface area contributed by atoms with Crippen LogP contribution in [0.2, 0.25) is 0 Å². The summed E-state index contributed by atoms with van der Waals surface area (Å²) >= 11 is 0. The maximum atomic E-state index is 11.2. The number of aromatic nitrogens is 2. The second kappa shape index (κ2) is 4.14. The van der Waals surface area contributed by atoms with Crippen LogP contribution in [0.4, 0.5) is 0 Å². The van der Waals surface area contributed by atoms with Gasteiger partial charge in [0.1, 0.15) is 11.7 Å². The Morgan fingerprint density at radius 3 is 3.12 bits per heavy atom. The monoisotopic (exact) mass is 235 g/mol. The van der Waals surface area contributed by atoms with Gasteiger partial charge in [0.05, 0.1) is 5.69 Å². The molecule has 2 aliphatic rings. The van der Waals surface area contributed by atoms with Crippen LogP contribution in [0.3, 0.4) is 0 Å². The summed E-state index contributed by atoms with van der Waals surface area (Å²) in [6, 6.07) is 0. The third-order valence-corrected chi connectivity index (χ3v) is 3.81. The summed E-state index contributed by atoms with van der Waals surface area (Å²) in [6.07, 6.45) is 4.81. The van der Waals surface area contributed by atoms with Crippen LogP contribution in [-0.4, -0.2) is 33.7 Å². The summed E-state index contributed by atoms with van der Waals surface area (Å²) in [6.45, 7) is 2.91. The number of rotatable bonds is 2. The second-order valence-electron chi connectivity index (χ2n) is 4.94. The number of carboxylic acids is 1. The molecule has 0 aromatic carbocycles. The largest absolute Gasteiger partial charge is 0.481 e. The Balaban J connectivity index is 1.92. The van der Waals surface area contributed by atoms with E-state index in [2.05, 4.69) is 16.5 Å². The molecule has 5 nitrogen and oxygen atoms in total. The average molecular weight is 235 g/mol. The van der Waals surface area contributed by atoms with Crippen molar-refractivity contribution in [1.29, 1.82) is 0 Å². The summed E-state index contributed by atoms with van der Waals surface area (Å²) < 4.78 is 2.04. The Labute approximate surface area is 99.8 Å². The van der Waals surface area contributed by atoms with Crippen molar-refractivity contribution in [2.45, 2.75) is 37.6 Å². The predicted octanol–water partition coefficient (Wildman–Crippen LogP) is 0.922. The van der Waals surface area contributed by atoms with E-state index in [4.69, 9.17) is 0 Å². The molecule has 2 aliphatic heterocycles. The first-order chi connectivity index (χ1) is 8.25. The SMILES string of the molecule is O=C(O)C1CCCn2cc(C3CCNC3)nc21. The lowest BCUT2D eigenvalue weighted by molar-refractivity contribution is -0.139. The second-order valence-corrected chi connectivity index (χ2v) is 4.94. The summed E-state index contributed by atoms with van der Waals surface area (Å²) in [5.41, 5.74) is 1.07. The molecule has 92 valence electrons. The van der Waals surface area contributed by atoms with Gasteiger partial charge in [-0.05, 0) is 25.8 Å². The molecule has 0 spiro atoms. The molecule has 0 bridgehead atoms. The van der Waals surface area contributed by atoms with Gasteiger partial charge in [0.15, 0.2) is 0 Å². The van der Waals surface area contributed by atoms with Gasteiger partial charge in [-0.1, -0.05) is 0 Å². The van der Waals surface area contributed by atoms with E-state index in [9.17, 15) is 9.90 Å². The molecule has 0 radical (unpaired) electrons. The fourth-order valence-corrected chi connectivity index (χ4v) is 2.84. The highest BCUT2D eigenvalue weighted by atomic mass is 16.4. The molecule has 2 atom stereocenters. The molecule has 5 heteroatoms. The number of nitrogens with one attached hydrogen (secondary N) is 1. The van der Waals surface area contributed by atoms with Crippen molar-refractivity contribution in [3.05, 3.63) is 17.7 Å². The number of fused-ring (bicyclic) bond motifs is 1. The van der Waals surface area contributed by atoms with E-state index in [0.29, 0.717) is 12.3 Å². The fraction of sp³-hybridized carbons (Fsp3) is 0.667. The number of aryl methyl sites for hydroxylation is 1. The lowest BCUT2D eigenvalue weighted by Crippen LogP contribution is -2.22. The van der Waals surface area contributed by atoms with Gasteiger partial charge in [0, 0.05) is 25.2 Å². The minimum atomic E-state index is -0.743. The molecule has 3 heterocycles. The van der Waals surface area contributed by atoms with E-state index < -0.39 is 11.9 Å². The Morgan fingerprint density at radius 2 is 2.41 bits per heavy atom. The third kappa shape index (κ3) is 1.84. The molecule has 1 aromatic rings. The summed E-state index contributed by atoms with van der Waals surface area (Å²) in [7, 11) is 0. The molecule has 3 rings (SSSR count). The van der Waals surface area contributed by atoms with Crippen molar-refractivity contribution in [1.82, 2.24) is 14.9 Å². The molecule has 1 aromatic heterocycles. The third-order valence-electron chi connectivity index (χ3n) is 3.81. The van der Waals surface area contributed by atoms with E-state index in [-0.39, 0.29) is 0 Å². The van der Waals surface area contributed by atoms with Crippen molar-refractivity contribution < 1.29 is 9.90 Å². The van der Waals surface area contributed by atoms with Crippen molar-refractivity contribution in [2.75, 3.05) is 13.1 Å². The highest BCUT2D eigenvalue weighted by molar-refractivity contribution is 5.75. The lowest BCUT2D eigenvalue weighted by atomic mass is 9.99. The van der Waals surface area contributed by atoms with Gasteiger partial charge in [0.25, 0.3) is 0 Å². The van der Waals surface area contributed by atoms with E-state index in [0.717, 1.165) is 44.0 Å². The first-order valence-electron chi connectivity index (χ1n) is 6.26. The van der Waals surface area contributed by atoms with Gasteiger partial charge in [-0.25, -0.2) is 4.98 Å². The first kappa shape index (κ1) is 10.8. The molecule has 0 saturated carbocycles. The van der Waals surface area contributed by atoms with Crippen LogP contribution in [-0.2, 0) is 11.3 Å². The van der Waals surface area contributed by atoms with Crippen LogP contribution < -0.4 is 5.32 Å². The van der Waals surface area contributed by atoms with Gasteiger partial charge in [0.2, 0.25) is 0 Å². The maximum absolute atomic E-state index is 11.2. The predicted molar refractivity (Wildman–Crippen MR) is 62.1 cm³/mol. The maximum Gasteiger partial charge on any atom is 0.314 e. The highest BCUT2D eigenvalue weighted by Crippen LogP contribution is 2.30. The summed E-state index contributed by atoms with van der Waals surface area (Å²) in [5, 5.41) is 12.5. The first-order valence-corrected chi connectivity index (χ1v) is 6.26. The molecule has 1 fully saturated rings. The highest BCUT2D eigenvalue weighted by Gasteiger charge is 2.30. The minimum absolute atomic E-state index is 0.410. The average Bonchev–Trinajstić information content (AvgIpc) is 2.96. The van der Waals surface area contributed by atoms with Gasteiger partial charge < -0.3 is 15.0 Å². The molecule has 1 saturated heterocycles. The zero-order valence-electron chi connectivity index (χ0n) is 9.72. The van der Waals surface area contributed by atoms with Gasteiger partial charge in [-0.3, -0.25) is 4.79 Å². The zero-order valence-corrected chi connectivity index (χ0v) is 9.72. The minimum Gasteiger partial charge on any atom is -0.481 e. The lowest BCUT2D eigenvalue weighted by Gasteiger charge is -2.19. The van der Waals surface area contributed by atoms with Crippen LogP contribution >= 0.6 is 0 Å². The molecule has 0 amide bonds. The number of hydrogen-bond acceptors (Lipinski definition) is 3. The molecule has 0 aliphatic carbocycles. The quantitative estimate of drug-likeness (QED) is 0.800. The Hall–Kier alpha value is -1.36. The number of hydrogen-bond donors (Lipinski definition) is 2. The van der Waals surface area contributed by atoms with Crippen molar-refractivity contribution in [3.63, 3.8) is 0 Å². The molecule has 2 unspecified atom stereocenters. The molecular formula is C12H17N3O2. The Bertz CT molecular complexity index is 435. The normalized spacial score (nSPS) is 28.0. The summed E-state index contributed by atoms with van der Waals surface area (Å²) in [5.74, 6) is 0.0627. The molecule has 2 N–H and O–H groups in total. The van der Waals surface area contributed by atoms with Crippen LogP contribution in [0, 0.1) is 0 Å². The topological polar surface area (TPSA) is 67.2 Å². The Kier molecular flexibility index (Phi) is 2.63. The van der Waals surface area contributed by atoms with E-state index in [1.165, 1.54) is 0 Å². The number of carbonyl (C=O) groups is 1. The Morgan fingerprint density at radius 1 is 1.53 bits per heavy atom. The van der Waals surface area contributed by atoms with Crippen LogP contribution in [0.15, 0.2) is 6.20 Å². The van der Waals surface area contributed by atoms with Crippen LogP contribution in [0.1, 0.15) is 42.6 Å². The van der Waals surface area contributed by atoms with E-state index in [1.54, 1.807) is 0 Å². The molecule has 17 heavy (non-hydrogen) atoms. The molecular weight excluding hydrogens is 218 g/mol. The summed E-state index contributed by atoms with van der Waals surface area (Å²) in [4.78, 5) is 15.8. The smallest absolute Gasteiger partial charge is 0.314 e. The van der Waals surface area contributed by atoms with Gasteiger partial charge >= 0.3 is 5.97 Å². The standard InChI is InChI=1S/C12H17N3O2/c16-12(17)9-2-1-5-15-7-10(14-11(9)15)8-3-4-13-6-8/h7-9,13H,1-6H2,(H,16,17). The van der Waals surface area contributed by atoms with Crippen LogP contribution in [0.25, 0.3) is 0 Å². The number of aliphatic carboxylic acids is 1. The van der Waals surface area contributed by atoms with Crippen molar-refractivity contribution >= 4 is 5.97 Å². The zero-order chi connectivity index (χ0) is 11.8. The van der Waals surface area contributed by atoms with E-state index in [1.807, 2.05) is 4.57 Å². The number of nitrogens with zero attached hydrogens (tertiary/aromatic N) is 2. The van der Waals surface area contributed by atoms with Gasteiger partial charge in [-0.15, -0.1) is 0 Å².